The van der Waals surface area contributed by atoms with Crippen LogP contribution >= 0.6 is 0 Å². The van der Waals surface area contributed by atoms with Crippen LogP contribution in [0.15, 0.2) is 0 Å². The van der Waals surface area contributed by atoms with Gasteiger partial charge in [0.2, 0.25) is 0 Å². The second-order valence-corrected chi connectivity index (χ2v) is 5.93. The fourth-order valence-corrected chi connectivity index (χ4v) is 1.83. The third-order valence-electron chi connectivity index (χ3n) is 3.47. The lowest BCUT2D eigenvalue weighted by Gasteiger charge is -2.10. The molecule has 0 amide bonds. The predicted octanol–water partition coefficient (Wildman–Crippen LogP) is 2.89. The van der Waals surface area contributed by atoms with Gasteiger partial charge in [0.25, 0.3) is 0 Å². The molecule has 0 saturated carbocycles. The molecule has 126 valence electrons. The standard InChI is InChI=1S/C17H28O5/c1-5-14(18)11-13(4)17(21)22-10-6-7-15(19)8-9-16(20)12(2)3/h12-13H,5-11H2,1-4H3. The first-order valence-electron chi connectivity index (χ1n) is 8.00. The maximum Gasteiger partial charge on any atom is 0.309 e. The number of esters is 1. The van der Waals surface area contributed by atoms with Gasteiger partial charge in [-0.25, -0.2) is 0 Å². The maximum atomic E-state index is 11.6. The van der Waals surface area contributed by atoms with Crippen LogP contribution in [-0.2, 0) is 23.9 Å². The molecular weight excluding hydrogens is 284 g/mol. The van der Waals surface area contributed by atoms with E-state index in [9.17, 15) is 19.2 Å². The third-order valence-corrected chi connectivity index (χ3v) is 3.47. The molecule has 22 heavy (non-hydrogen) atoms. The highest BCUT2D eigenvalue weighted by Gasteiger charge is 2.17. The van der Waals surface area contributed by atoms with Crippen LogP contribution in [0.2, 0.25) is 0 Å². The van der Waals surface area contributed by atoms with Gasteiger partial charge in [-0.3, -0.25) is 19.2 Å². The quantitative estimate of drug-likeness (QED) is 0.409. The summed E-state index contributed by atoms with van der Waals surface area (Å²) in [5.74, 6) is -0.736. The Labute approximate surface area is 132 Å². The molecule has 0 aliphatic rings. The molecule has 0 fully saturated rings. The van der Waals surface area contributed by atoms with Crippen molar-refractivity contribution in [2.75, 3.05) is 6.61 Å². The molecule has 5 nitrogen and oxygen atoms in total. The lowest BCUT2D eigenvalue weighted by atomic mass is 10.0. The molecule has 0 heterocycles. The van der Waals surface area contributed by atoms with Crippen molar-refractivity contribution in [3.05, 3.63) is 0 Å². The van der Waals surface area contributed by atoms with Crippen molar-refractivity contribution in [2.45, 2.75) is 66.2 Å². The lowest BCUT2D eigenvalue weighted by molar-refractivity contribution is -0.149. The van der Waals surface area contributed by atoms with Gasteiger partial charge in [-0.15, -0.1) is 0 Å². The van der Waals surface area contributed by atoms with E-state index in [1.165, 1.54) is 0 Å². The molecule has 0 bridgehead atoms. The van der Waals surface area contributed by atoms with E-state index >= 15 is 0 Å². The van der Waals surface area contributed by atoms with E-state index < -0.39 is 11.9 Å². The van der Waals surface area contributed by atoms with Gasteiger partial charge in [0, 0.05) is 38.0 Å². The Hall–Kier alpha value is -1.52. The average Bonchev–Trinajstić information content (AvgIpc) is 2.48. The normalized spacial score (nSPS) is 12.0. The van der Waals surface area contributed by atoms with E-state index in [-0.39, 0.29) is 49.1 Å². The largest absolute Gasteiger partial charge is 0.465 e. The van der Waals surface area contributed by atoms with Crippen LogP contribution in [0.25, 0.3) is 0 Å². The smallest absolute Gasteiger partial charge is 0.309 e. The molecule has 0 spiro atoms. The summed E-state index contributed by atoms with van der Waals surface area (Å²) in [4.78, 5) is 45.9. The number of rotatable bonds is 12. The van der Waals surface area contributed by atoms with Crippen molar-refractivity contribution in [2.24, 2.45) is 11.8 Å². The number of Topliss-reactive ketones (excluding diaryl/α,β-unsaturated/α-hetero) is 3. The van der Waals surface area contributed by atoms with Crippen LogP contribution in [0.5, 0.6) is 0 Å². The van der Waals surface area contributed by atoms with Crippen molar-refractivity contribution >= 4 is 23.3 Å². The Kier molecular flexibility index (Phi) is 10.3. The van der Waals surface area contributed by atoms with E-state index in [0.717, 1.165) is 0 Å². The lowest BCUT2D eigenvalue weighted by Crippen LogP contribution is -2.19. The van der Waals surface area contributed by atoms with Crippen LogP contribution in [0.1, 0.15) is 66.2 Å². The summed E-state index contributed by atoms with van der Waals surface area (Å²) >= 11 is 0. The SMILES string of the molecule is CCC(=O)CC(C)C(=O)OCCCC(=O)CCC(=O)C(C)C. The summed E-state index contributed by atoms with van der Waals surface area (Å²) in [7, 11) is 0. The molecule has 0 radical (unpaired) electrons. The minimum absolute atomic E-state index is 0.0132. The molecule has 0 aliphatic carbocycles. The summed E-state index contributed by atoms with van der Waals surface area (Å²) < 4.78 is 5.05. The highest BCUT2D eigenvalue weighted by molar-refractivity contribution is 5.87. The van der Waals surface area contributed by atoms with Crippen LogP contribution < -0.4 is 0 Å². The Bertz CT molecular complexity index is 398. The van der Waals surface area contributed by atoms with E-state index in [1.807, 2.05) is 13.8 Å². The number of hydrogen-bond donors (Lipinski definition) is 0. The Morgan fingerprint density at radius 1 is 0.909 bits per heavy atom. The number of carbonyl (C=O) groups is 4. The van der Waals surface area contributed by atoms with Gasteiger partial charge >= 0.3 is 5.97 Å². The minimum Gasteiger partial charge on any atom is -0.465 e. The van der Waals surface area contributed by atoms with Gasteiger partial charge in [-0.2, -0.15) is 0 Å². The maximum absolute atomic E-state index is 11.6. The number of hydrogen-bond acceptors (Lipinski definition) is 5. The van der Waals surface area contributed by atoms with Crippen LogP contribution in [0.3, 0.4) is 0 Å². The Balaban J connectivity index is 3.79. The first-order chi connectivity index (χ1) is 10.3. The van der Waals surface area contributed by atoms with E-state index in [0.29, 0.717) is 19.3 Å². The van der Waals surface area contributed by atoms with Crippen molar-refractivity contribution < 1.29 is 23.9 Å². The predicted molar refractivity (Wildman–Crippen MR) is 83.4 cm³/mol. The fourth-order valence-electron chi connectivity index (χ4n) is 1.83. The first kappa shape index (κ1) is 20.5. The summed E-state index contributed by atoms with van der Waals surface area (Å²) in [6, 6.07) is 0. The Morgan fingerprint density at radius 3 is 2.09 bits per heavy atom. The van der Waals surface area contributed by atoms with Crippen LogP contribution in [-0.4, -0.2) is 29.9 Å². The summed E-state index contributed by atoms with van der Waals surface area (Å²) in [6.07, 6.45) is 1.92. The first-order valence-corrected chi connectivity index (χ1v) is 8.00. The monoisotopic (exact) mass is 312 g/mol. The molecule has 0 aromatic heterocycles. The molecule has 5 heteroatoms. The number of carbonyl (C=O) groups excluding carboxylic acids is 4. The van der Waals surface area contributed by atoms with E-state index in [2.05, 4.69) is 0 Å². The number of ketones is 3. The highest BCUT2D eigenvalue weighted by atomic mass is 16.5. The molecular formula is C17H28O5. The molecule has 0 saturated heterocycles. The minimum atomic E-state index is -0.438. The van der Waals surface area contributed by atoms with Crippen molar-refractivity contribution in [1.82, 2.24) is 0 Å². The van der Waals surface area contributed by atoms with Gasteiger partial charge in [0.1, 0.15) is 17.3 Å². The second-order valence-electron chi connectivity index (χ2n) is 5.93. The van der Waals surface area contributed by atoms with Gasteiger partial charge in [0.15, 0.2) is 0 Å². The van der Waals surface area contributed by atoms with E-state index in [1.54, 1.807) is 13.8 Å². The molecule has 0 aromatic carbocycles. The zero-order chi connectivity index (χ0) is 17.1. The van der Waals surface area contributed by atoms with Crippen molar-refractivity contribution in [3.63, 3.8) is 0 Å². The summed E-state index contributed by atoms with van der Waals surface area (Å²) in [6.45, 7) is 7.23. The molecule has 1 unspecified atom stereocenters. The summed E-state index contributed by atoms with van der Waals surface area (Å²) in [5, 5.41) is 0. The van der Waals surface area contributed by atoms with Gasteiger partial charge in [0.05, 0.1) is 12.5 Å². The van der Waals surface area contributed by atoms with Crippen molar-refractivity contribution in [3.8, 4) is 0 Å². The van der Waals surface area contributed by atoms with Crippen molar-refractivity contribution in [1.29, 1.82) is 0 Å². The van der Waals surface area contributed by atoms with Gasteiger partial charge in [-0.05, 0) is 6.42 Å². The summed E-state index contributed by atoms with van der Waals surface area (Å²) in [5.41, 5.74) is 0. The second kappa shape index (κ2) is 11.1. The zero-order valence-corrected chi connectivity index (χ0v) is 14.1. The molecule has 0 aromatic rings. The van der Waals surface area contributed by atoms with Gasteiger partial charge in [-0.1, -0.05) is 27.7 Å². The fraction of sp³-hybridized carbons (Fsp3) is 0.765. The topological polar surface area (TPSA) is 77.5 Å². The van der Waals surface area contributed by atoms with Crippen LogP contribution in [0.4, 0.5) is 0 Å². The average molecular weight is 312 g/mol. The third kappa shape index (κ3) is 9.42. The Morgan fingerprint density at radius 2 is 1.55 bits per heavy atom. The molecule has 0 N–H and O–H groups in total. The number of ether oxygens (including phenoxy) is 1. The molecule has 0 rings (SSSR count). The highest BCUT2D eigenvalue weighted by Crippen LogP contribution is 2.09. The zero-order valence-electron chi connectivity index (χ0n) is 14.1. The molecule has 0 aliphatic heterocycles. The van der Waals surface area contributed by atoms with Crippen LogP contribution in [0, 0.1) is 11.8 Å². The van der Waals surface area contributed by atoms with Gasteiger partial charge < -0.3 is 4.74 Å². The molecule has 1 atom stereocenters. The van der Waals surface area contributed by atoms with E-state index in [4.69, 9.17) is 4.74 Å².